The fourth-order valence-corrected chi connectivity index (χ4v) is 2.30. The molecule has 0 atom stereocenters. The zero-order chi connectivity index (χ0) is 20.0. The van der Waals surface area contributed by atoms with Crippen molar-refractivity contribution >= 4 is 5.97 Å². The van der Waals surface area contributed by atoms with Crippen LogP contribution in [0.4, 0.5) is 0 Å². The molecule has 0 heterocycles. The third-order valence-electron chi connectivity index (χ3n) is 3.91. The molecular formula is C23H38O4. The monoisotopic (exact) mass is 378 g/mol. The number of carbonyl (C=O) groups excluding carboxylic acids is 1. The van der Waals surface area contributed by atoms with E-state index in [1.54, 1.807) is 0 Å². The highest BCUT2D eigenvalue weighted by Crippen LogP contribution is 2.03. The second-order valence-corrected chi connectivity index (χ2v) is 6.46. The lowest BCUT2D eigenvalue weighted by molar-refractivity contribution is -0.153. The smallest absolute Gasteiger partial charge is 0.306 e. The molecule has 4 heteroatoms. The quantitative estimate of drug-likeness (QED) is 0.212. The molecule has 0 bridgehead atoms. The van der Waals surface area contributed by atoms with Crippen LogP contribution in [0.3, 0.4) is 0 Å². The summed E-state index contributed by atoms with van der Waals surface area (Å²) in [6.45, 7) is 1.53. The minimum absolute atomic E-state index is 0.300. The summed E-state index contributed by atoms with van der Waals surface area (Å²) in [6.07, 6.45) is 26.3. The molecule has 0 aliphatic heterocycles. The van der Waals surface area contributed by atoms with Crippen LogP contribution in [0.5, 0.6) is 0 Å². The molecular weight excluding hydrogens is 340 g/mol. The second-order valence-electron chi connectivity index (χ2n) is 6.46. The molecule has 0 saturated heterocycles. The Morgan fingerprint density at radius 3 is 1.74 bits per heavy atom. The number of aliphatic hydroxyl groups excluding tert-OH is 2. The summed E-state index contributed by atoms with van der Waals surface area (Å²) in [5.41, 5.74) is 0. The molecule has 0 fully saturated rings. The Balaban J connectivity index is 3.55. The fraction of sp³-hybridized carbons (Fsp3) is 0.609. The van der Waals surface area contributed by atoms with Gasteiger partial charge in [-0.05, 0) is 44.9 Å². The molecule has 0 aliphatic rings. The van der Waals surface area contributed by atoms with Crippen molar-refractivity contribution in [3.63, 3.8) is 0 Å². The first-order valence-electron chi connectivity index (χ1n) is 10.3. The maximum atomic E-state index is 11.4. The summed E-state index contributed by atoms with van der Waals surface area (Å²) in [6, 6.07) is 0. The van der Waals surface area contributed by atoms with Crippen molar-refractivity contribution in [3.8, 4) is 0 Å². The molecule has 2 N–H and O–H groups in total. The zero-order valence-corrected chi connectivity index (χ0v) is 16.9. The van der Waals surface area contributed by atoms with Gasteiger partial charge in [-0.2, -0.15) is 0 Å². The first-order chi connectivity index (χ1) is 13.2. The van der Waals surface area contributed by atoms with Gasteiger partial charge in [0.2, 0.25) is 0 Å². The second kappa shape index (κ2) is 20.7. The van der Waals surface area contributed by atoms with Crippen molar-refractivity contribution in [1.82, 2.24) is 0 Å². The molecule has 0 saturated carbocycles. The Morgan fingerprint density at radius 1 is 0.778 bits per heavy atom. The van der Waals surface area contributed by atoms with E-state index in [0.717, 1.165) is 25.7 Å². The number of unbranched alkanes of at least 4 members (excludes halogenated alkanes) is 4. The predicted molar refractivity (Wildman–Crippen MR) is 112 cm³/mol. The number of ether oxygens (including phenoxy) is 1. The van der Waals surface area contributed by atoms with E-state index in [2.05, 4.69) is 55.5 Å². The molecule has 0 rings (SSSR count). The Morgan fingerprint density at radius 2 is 1.26 bits per heavy atom. The number of hydrogen-bond donors (Lipinski definition) is 2. The number of allylic oxidation sites excluding steroid dienone is 8. The van der Waals surface area contributed by atoms with Gasteiger partial charge in [0.15, 0.2) is 0 Å². The van der Waals surface area contributed by atoms with Crippen molar-refractivity contribution in [2.45, 2.75) is 77.2 Å². The molecule has 0 aromatic rings. The summed E-state index contributed by atoms with van der Waals surface area (Å²) in [4.78, 5) is 11.4. The standard InChI is InChI=1S/C23H38O4/c1-2-3-4-5-6-7-8-9-10-11-12-13-14-15-16-17-18-19-23(26)27-22(20-24)21-25/h6-7,9-10,12-13,15-16,22,24-25H,2-5,8,11,14,17-21H2,1H3/b7-6+,10-9+,13-12+,16-15+. The Kier molecular flexibility index (Phi) is 19.4. The SMILES string of the molecule is CCCCC/C=C/C/C=C/C/C=C/C/C=C/CCCC(=O)OC(CO)CO. The van der Waals surface area contributed by atoms with E-state index in [-0.39, 0.29) is 19.2 Å². The third-order valence-corrected chi connectivity index (χ3v) is 3.91. The van der Waals surface area contributed by atoms with E-state index in [4.69, 9.17) is 14.9 Å². The van der Waals surface area contributed by atoms with Crippen LogP contribution >= 0.6 is 0 Å². The predicted octanol–water partition coefficient (Wildman–Crippen LogP) is 5.03. The lowest BCUT2D eigenvalue weighted by Crippen LogP contribution is -2.25. The molecule has 0 aromatic heterocycles. The minimum Gasteiger partial charge on any atom is -0.457 e. The van der Waals surface area contributed by atoms with Gasteiger partial charge >= 0.3 is 5.97 Å². The van der Waals surface area contributed by atoms with Crippen LogP contribution in [0.2, 0.25) is 0 Å². The summed E-state index contributed by atoms with van der Waals surface area (Å²) >= 11 is 0. The van der Waals surface area contributed by atoms with Crippen LogP contribution in [-0.4, -0.2) is 35.5 Å². The lowest BCUT2D eigenvalue weighted by Gasteiger charge is -2.11. The zero-order valence-electron chi connectivity index (χ0n) is 16.9. The van der Waals surface area contributed by atoms with Crippen molar-refractivity contribution < 1.29 is 19.7 Å². The lowest BCUT2D eigenvalue weighted by atomic mass is 10.2. The number of hydrogen-bond acceptors (Lipinski definition) is 4. The molecule has 0 unspecified atom stereocenters. The Labute approximate surface area is 165 Å². The molecule has 27 heavy (non-hydrogen) atoms. The average molecular weight is 379 g/mol. The summed E-state index contributed by atoms with van der Waals surface area (Å²) in [5, 5.41) is 17.7. The van der Waals surface area contributed by atoms with E-state index in [9.17, 15) is 4.79 Å². The largest absolute Gasteiger partial charge is 0.457 e. The van der Waals surface area contributed by atoms with Gasteiger partial charge < -0.3 is 14.9 Å². The van der Waals surface area contributed by atoms with Crippen LogP contribution in [-0.2, 0) is 9.53 Å². The maximum Gasteiger partial charge on any atom is 0.306 e. The van der Waals surface area contributed by atoms with Crippen LogP contribution in [0.1, 0.15) is 71.1 Å². The number of carbonyl (C=O) groups is 1. The van der Waals surface area contributed by atoms with Crippen LogP contribution in [0.15, 0.2) is 48.6 Å². The molecule has 0 aliphatic carbocycles. The van der Waals surface area contributed by atoms with E-state index in [1.807, 2.05) is 0 Å². The molecule has 0 aromatic carbocycles. The Hall–Kier alpha value is -1.65. The van der Waals surface area contributed by atoms with Gasteiger partial charge in [-0.3, -0.25) is 4.79 Å². The van der Waals surface area contributed by atoms with Gasteiger partial charge in [0, 0.05) is 6.42 Å². The van der Waals surface area contributed by atoms with E-state index in [0.29, 0.717) is 12.8 Å². The van der Waals surface area contributed by atoms with Crippen molar-refractivity contribution in [3.05, 3.63) is 48.6 Å². The highest BCUT2D eigenvalue weighted by molar-refractivity contribution is 5.69. The van der Waals surface area contributed by atoms with E-state index in [1.165, 1.54) is 25.7 Å². The highest BCUT2D eigenvalue weighted by atomic mass is 16.6. The van der Waals surface area contributed by atoms with Gasteiger partial charge in [-0.1, -0.05) is 68.4 Å². The first-order valence-corrected chi connectivity index (χ1v) is 10.3. The van der Waals surface area contributed by atoms with Gasteiger partial charge in [-0.15, -0.1) is 0 Å². The van der Waals surface area contributed by atoms with Gasteiger partial charge in [0.25, 0.3) is 0 Å². The molecule has 0 spiro atoms. The molecule has 4 nitrogen and oxygen atoms in total. The van der Waals surface area contributed by atoms with Crippen molar-refractivity contribution in [2.75, 3.05) is 13.2 Å². The molecule has 154 valence electrons. The van der Waals surface area contributed by atoms with Crippen LogP contribution < -0.4 is 0 Å². The molecule has 0 radical (unpaired) electrons. The first kappa shape index (κ1) is 25.4. The number of aliphatic hydroxyl groups is 2. The summed E-state index contributed by atoms with van der Waals surface area (Å²) in [7, 11) is 0. The van der Waals surface area contributed by atoms with Crippen LogP contribution in [0, 0.1) is 0 Å². The average Bonchev–Trinajstić information content (AvgIpc) is 2.68. The summed E-state index contributed by atoms with van der Waals surface area (Å²) < 4.78 is 4.89. The van der Waals surface area contributed by atoms with Gasteiger partial charge in [0.1, 0.15) is 6.10 Å². The van der Waals surface area contributed by atoms with Gasteiger partial charge in [0.05, 0.1) is 13.2 Å². The normalized spacial score (nSPS) is 12.4. The van der Waals surface area contributed by atoms with Crippen molar-refractivity contribution in [1.29, 1.82) is 0 Å². The van der Waals surface area contributed by atoms with Crippen molar-refractivity contribution in [2.24, 2.45) is 0 Å². The Bertz CT molecular complexity index is 445. The van der Waals surface area contributed by atoms with Crippen LogP contribution in [0.25, 0.3) is 0 Å². The fourth-order valence-electron chi connectivity index (χ4n) is 2.30. The summed E-state index contributed by atoms with van der Waals surface area (Å²) in [5.74, 6) is -0.376. The topological polar surface area (TPSA) is 66.8 Å². The van der Waals surface area contributed by atoms with Gasteiger partial charge in [-0.25, -0.2) is 0 Å². The third kappa shape index (κ3) is 18.9. The van der Waals surface area contributed by atoms with E-state index >= 15 is 0 Å². The maximum absolute atomic E-state index is 11.4. The number of rotatable bonds is 17. The minimum atomic E-state index is -0.797. The highest BCUT2D eigenvalue weighted by Gasteiger charge is 2.11. The van der Waals surface area contributed by atoms with E-state index < -0.39 is 6.10 Å². The molecule has 0 amide bonds. The number of esters is 1.